The monoisotopic (exact) mass is 251 g/mol. The number of hydrogen-bond donors (Lipinski definition) is 2. The largest absolute Gasteiger partial charge is 0.337 e. The fraction of sp³-hybridized carbons (Fsp3) is 0.583. The number of nitrogens with zero attached hydrogens (tertiary/aromatic N) is 3. The van der Waals surface area contributed by atoms with Crippen LogP contribution in [0.1, 0.15) is 37.7 Å². The van der Waals surface area contributed by atoms with Crippen molar-refractivity contribution in [3.8, 4) is 0 Å². The highest BCUT2D eigenvalue weighted by atomic mass is 16.2. The van der Waals surface area contributed by atoms with Gasteiger partial charge in [-0.3, -0.25) is 4.79 Å². The van der Waals surface area contributed by atoms with E-state index >= 15 is 0 Å². The van der Waals surface area contributed by atoms with Crippen LogP contribution in [0, 0.1) is 5.92 Å². The molecule has 1 amide bonds. The summed E-state index contributed by atoms with van der Waals surface area (Å²) in [5, 5.41) is 0. The molecular weight excluding hydrogens is 230 g/mol. The molecule has 0 radical (unpaired) electrons. The molecule has 100 valence electrons. The zero-order valence-corrected chi connectivity index (χ0v) is 11.2. The molecule has 1 heterocycles. The average molecular weight is 251 g/mol. The molecule has 1 aromatic heterocycles. The first kappa shape index (κ1) is 14.4. The Morgan fingerprint density at radius 3 is 2.61 bits per heavy atom. The third-order valence-corrected chi connectivity index (χ3v) is 2.92. The van der Waals surface area contributed by atoms with Crippen molar-refractivity contribution in [3.63, 3.8) is 0 Å². The predicted molar refractivity (Wildman–Crippen MR) is 70.9 cm³/mol. The van der Waals surface area contributed by atoms with Crippen LogP contribution >= 0.6 is 0 Å². The Bertz CT molecular complexity index is 379. The van der Waals surface area contributed by atoms with Crippen LogP contribution in [-0.2, 0) is 0 Å². The van der Waals surface area contributed by atoms with Gasteiger partial charge in [-0.2, -0.15) is 0 Å². The highest BCUT2D eigenvalue weighted by molar-refractivity contribution is 5.92. The second-order valence-corrected chi connectivity index (χ2v) is 4.29. The smallest absolute Gasteiger partial charge is 0.274 e. The number of anilines is 1. The van der Waals surface area contributed by atoms with Crippen molar-refractivity contribution >= 4 is 11.7 Å². The number of carbonyl (C=O) groups is 1. The van der Waals surface area contributed by atoms with E-state index in [1.54, 1.807) is 4.90 Å². The first-order valence-electron chi connectivity index (χ1n) is 6.20. The summed E-state index contributed by atoms with van der Waals surface area (Å²) < 4.78 is 0. The zero-order chi connectivity index (χ0) is 13.5. The number of hydrogen-bond acceptors (Lipinski definition) is 5. The van der Waals surface area contributed by atoms with E-state index < -0.39 is 0 Å². The van der Waals surface area contributed by atoms with Gasteiger partial charge < -0.3 is 10.3 Å². The van der Waals surface area contributed by atoms with Gasteiger partial charge in [0, 0.05) is 13.1 Å². The molecule has 0 bridgehead atoms. The van der Waals surface area contributed by atoms with Crippen molar-refractivity contribution in [3.05, 3.63) is 18.1 Å². The van der Waals surface area contributed by atoms with Gasteiger partial charge in [0.1, 0.15) is 5.69 Å². The molecule has 0 fully saturated rings. The Kier molecular flexibility index (Phi) is 5.51. The molecule has 0 saturated heterocycles. The van der Waals surface area contributed by atoms with Gasteiger partial charge in [0.15, 0.2) is 5.82 Å². The summed E-state index contributed by atoms with van der Waals surface area (Å²) in [5.74, 6) is 6.03. The summed E-state index contributed by atoms with van der Waals surface area (Å²) in [5.41, 5.74) is 2.73. The third kappa shape index (κ3) is 3.66. The van der Waals surface area contributed by atoms with E-state index in [-0.39, 0.29) is 5.91 Å². The number of amides is 1. The summed E-state index contributed by atoms with van der Waals surface area (Å²) in [4.78, 5) is 22.0. The van der Waals surface area contributed by atoms with Crippen molar-refractivity contribution in [2.24, 2.45) is 11.8 Å². The van der Waals surface area contributed by atoms with Crippen LogP contribution in [0.3, 0.4) is 0 Å². The molecule has 1 atom stereocenters. The molecule has 0 aliphatic heterocycles. The number of rotatable bonds is 6. The first-order valence-corrected chi connectivity index (χ1v) is 6.20. The van der Waals surface area contributed by atoms with Crippen LogP contribution in [0.2, 0.25) is 0 Å². The van der Waals surface area contributed by atoms with Crippen molar-refractivity contribution in [2.45, 2.75) is 27.2 Å². The highest BCUT2D eigenvalue weighted by Crippen LogP contribution is 2.08. The SMILES string of the molecule is CCC(C)CN(CC)C(=O)c1cnc(NN)cn1. The Morgan fingerprint density at radius 2 is 2.17 bits per heavy atom. The predicted octanol–water partition coefficient (Wildman–Crippen LogP) is 1.27. The summed E-state index contributed by atoms with van der Waals surface area (Å²) in [6.07, 6.45) is 3.94. The Morgan fingerprint density at radius 1 is 1.44 bits per heavy atom. The quantitative estimate of drug-likeness (QED) is 0.587. The number of nitrogen functional groups attached to an aromatic ring is 1. The van der Waals surface area contributed by atoms with Crippen molar-refractivity contribution in [2.75, 3.05) is 18.5 Å². The molecule has 3 N–H and O–H groups in total. The maximum atomic E-state index is 12.2. The number of carbonyl (C=O) groups excluding carboxylic acids is 1. The van der Waals surface area contributed by atoms with E-state index in [0.29, 0.717) is 24.0 Å². The number of nitrogens with one attached hydrogen (secondary N) is 1. The maximum Gasteiger partial charge on any atom is 0.274 e. The maximum absolute atomic E-state index is 12.2. The fourth-order valence-electron chi connectivity index (χ4n) is 1.54. The zero-order valence-electron chi connectivity index (χ0n) is 11.2. The van der Waals surface area contributed by atoms with Crippen LogP contribution < -0.4 is 11.3 Å². The minimum absolute atomic E-state index is 0.0890. The molecule has 18 heavy (non-hydrogen) atoms. The van der Waals surface area contributed by atoms with Crippen LogP contribution in [0.5, 0.6) is 0 Å². The van der Waals surface area contributed by atoms with Crippen molar-refractivity contribution in [1.29, 1.82) is 0 Å². The molecule has 0 aliphatic carbocycles. The van der Waals surface area contributed by atoms with Gasteiger partial charge in [-0.25, -0.2) is 15.8 Å². The van der Waals surface area contributed by atoms with Gasteiger partial charge >= 0.3 is 0 Å². The molecule has 0 aliphatic rings. The molecule has 1 rings (SSSR count). The van der Waals surface area contributed by atoms with Crippen molar-refractivity contribution < 1.29 is 4.79 Å². The van der Waals surface area contributed by atoms with Gasteiger partial charge in [0.05, 0.1) is 12.4 Å². The molecule has 6 nitrogen and oxygen atoms in total. The number of aromatic nitrogens is 2. The Labute approximate surface area is 108 Å². The van der Waals surface area contributed by atoms with Gasteiger partial charge in [0.25, 0.3) is 5.91 Å². The lowest BCUT2D eigenvalue weighted by atomic mass is 10.1. The Hall–Kier alpha value is -1.69. The topological polar surface area (TPSA) is 84.1 Å². The van der Waals surface area contributed by atoms with Gasteiger partial charge in [-0.15, -0.1) is 0 Å². The number of nitrogens with two attached hydrogens (primary N) is 1. The first-order chi connectivity index (χ1) is 8.62. The van der Waals surface area contributed by atoms with E-state index in [0.717, 1.165) is 13.0 Å². The second kappa shape index (κ2) is 6.90. The normalized spacial score (nSPS) is 12.0. The molecule has 1 unspecified atom stereocenters. The Balaban J connectivity index is 2.76. The van der Waals surface area contributed by atoms with Gasteiger partial charge in [-0.05, 0) is 12.8 Å². The van der Waals surface area contributed by atoms with E-state index in [2.05, 4.69) is 29.2 Å². The van der Waals surface area contributed by atoms with E-state index in [4.69, 9.17) is 5.84 Å². The average Bonchev–Trinajstić information content (AvgIpc) is 2.43. The van der Waals surface area contributed by atoms with E-state index in [9.17, 15) is 4.79 Å². The molecule has 1 aromatic rings. The van der Waals surface area contributed by atoms with Gasteiger partial charge in [-0.1, -0.05) is 20.3 Å². The van der Waals surface area contributed by atoms with E-state index in [1.165, 1.54) is 12.4 Å². The second-order valence-electron chi connectivity index (χ2n) is 4.29. The molecular formula is C12H21N5O. The van der Waals surface area contributed by atoms with Crippen LogP contribution in [0.4, 0.5) is 5.82 Å². The molecule has 0 saturated carbocycles. The van der Waals surface area contributed by atoms with E-state index in [1.807, 2.05) is 6.92 Å². The minimum atomic E-state index is -0.0890. The lowest BCUT2D eigenvalue weighted by molar-refractivity contribution is 0.0734. The highest BCUT2D eigenvalue weighted by Gasteiger charge is 2.17. The van der Waals surface area contributed by atoms with Gasteiger partial charge in [0.2, 0.25) is 0 Å². The van der Waals surface area contributed by atoms with Crippen LogP contribution in [-0.4, -0.2) is 33.9 Å². The summed E-state index contributed by atoms with van der Waals surface area (Å²) in [6, 6.07) is 0. The number of hydrazine groups is 1. The summed E-state index contributed by atoms with van der Waals surface area (Å²) >= 11 is 0. The summed E-state index contributed by atoms with van der Waals surface area (Å²) in [7, 11) is 0. The fourth-order valence-corrected chi connectivity index (χ4v) is 1.54. The molecule has 0 aromatic carbocycles. The van der Waals surface area contributed by atoms with Crippen LogP contribution in [0.25, 0.3) is 0 Å². The lowest BCUT2D eigenvalue weighted by Gasteiger charge is -2.23. The standard InChI is InChI=1S/C12H21N5O/c1-4-9(3)8-17(5-2)12(18)10-6-15-11(16-13)7-14-10/h6-7,9H,4-5,8,13H2,1-3H3,(H,15,16). The molecule has 0 spiro atoms. The molecule has 6 heteroatoms. The third-order valence-electron chi connectivity index (χ3n) is 2.92. The lowest BCUT2D eigenvalue weighted by Crippen LogP contribution is -2.35. The van der Waals surface area contributed by atoms with Crippen molar-refractivity contribution in [1.82, 2.24) is 14.9 Å². The minimum Gasteiger partial charge on any atom is -0.337 e. The summed E-state index contributed by atoms with van der Waals surface area (Å²) in [6.45, 7) is 7.61. The van der Waals surface area contributed by atoms with Crippen LogP contribution in [0.15, 0.2) is 12.4 Å².